The minimum Gasteiger partial charge on any atom is -0.438 e. The molecule has 0 spiro atoms. The predicted octanol–water partition coefficient (Wildman–Crippen LogP) is 1.33. The topological polar surface area (TPSA) is 35.5 Å². The molecule has 0 N–H and O–H groups in total. The van der Waals surface area contributed by atoms with Gasteiger partial charge in [0.1, 0.15) is 4.33 Å². The van der Waals surface area contributed by atoms with E-state index in [1.165, 1.54) is 7.11 Å². The SMILES string of the molecule is COCOC(=O)C1CC1(Cl)Cl. The highest BCUT2D eigenvalue weighted by molar-refractivity contribution is 6.52. The van der Waals surface area contributed by atoms with E-state index in [4.69, 9.17) is 23.2 Å². The number of hydrogen-bond donors (Lipinski definition) is 0. The Hall–Kier alpha value is 0.01000. The van der Waals surface area contributed by atoms with Crippen LogP contribution in [0.25, 0.3) is 0 Å². The number of rotatable bonds is 3. The maximum absolute atomic E-state index is 10.9. The van der Waals surface area contributed by atoms with Crippen LogP contribution in [0.15, 0.2) is 0 Å². The van der Waals surface area contributed by atoms with Crippen LogP contribution in [0, 0.1) is 5.92 Å². The van der Waals surface area contributed by atoms with Crippen molar-refractivity contribution in [3.05, 3.63) is 0 Å². The first-order chi connectivity index (χ1) is 5.08. The van der Waals surface area contributed by atoms with Gasteiger partial charge in [-0.05, 0) is 6.42 Å². The van der Waals surface area contributed by atoms with E-state index in [9.17, 15) is 4.79 Å². The number of hydrogen-bond acceptors (Lipinski definition) is 3. The van der Waals surface area contributed by atoms with Crippen molar-refractivity contribution in [3.63, 3.8) is 0 Å². The highest BCUT2D eigenvalue weighted by Gasteiger charge is 2.57. The Bertz CT molecular complexity index is 169. The third-order valence-corrected chi connectivity index (χ3v) is 2.26. The lowest BCUT2D eigenvalue weighted by Crippen LogP contribution is -2.12. The molecular weight excluding hydrogens is 191 g/mol. The summed E-state index contributed by atoms with van der Waals surface area (Å²) >= 11 is 11.2. The molecule has 1 rings (SSSR count). The minimum atomic E-state index is -0.898. The van der Waals surface area contributed by atoms with E-state index in [1.54, 1.807) is 0 Å². The van der Waals surface area contributed by atoms with Crippen LogP contribution in [0.3, 0.4) is 0 Å². The molecule has 1 saturated carbocycles. The lowest BCUT2D eigenvalue weighted by Gasteiger charge is -2.01. The summed E-state index contributed by atoms with van der Waals surface area (Å²) in [5.41, 5.74) is 0. The highest BCUT2D eigenvalue weighted by Crippen LogP contribution is 2.53. The van der Waals surface area contributed by atoms with Crippen LogP contribution in [0.4, 0.5) is 0 Å². The van der Waals surface area contributed by atoms with E-state index in [1.807, 2.05) is 0 Å². The molecule has 1 atom stereocenters. The van der Waals surface area contributed by atoms with Gasteiger partial charge in [-0.2, -0.15) is 0 Å². The standard InChI is InChI=1S/C6H8Cl2O3/c1-10-3-11-5(9)4-2-6(4,7)8/h4H,2-3H2,1H3. The summed E-state index contributed by atoms with van der Waals surface area (Å²) in [6.45, 7) is -0.0425. The fourth-order valence-electron chi connectivity index (χ4n) is 0.687. The van der Waals surface area contributed by atoms with Gasteiger partial charge in [0.05, 0.1) is 5.92 Å². The third kappa shape index (κ3) is 2.22. The van der Waals surface area contributed by atoms with Crippen LogP contribution in [-0.4, -0.2) is 24.2 Å². The van der Waals surface area contributed by atoms with Crippen LogP contribution in [-0.2, 0) is 14.3 Å². The predicted molar refractivity (Wildman–Crippen MR) is 40.5 cm³/mol. The summed E-state index contributed by atoms with van der Waals surface area (Å²) in [6.07, 6.45) is 0.471. The van der Waals surface area contributed by atoms with Gasteiger partial charge in [0.25, 0.3) is 0 Å². The molecule has 1 aliphatic carbocycles. The maximum atomic E-state index is 10.9. The first-order valence-electron chi connectivity index (χ1n) is 3.11. The molecule has 0 aromatic heterocycles. The number of carbonyl (C=O) groups is 1. The molecule has 5 heteroatoms. The molecule has 0 aromatic rings. The van der Waals surface area contributed by atoms with Crippen molar-refractivity contribution in [2.24, 2.45) is 5.92 Å². The van der Waals surface area contributed by atoms with E-state index in [0.29, 0.717) is 6.42 Å². The second-order valence-electron chi connectivity index (χ2n) is 2.39. The first kappa shape index (κ1) is 9.10. The van der Waals surface area contributed by atoms with Crippen molar-refractivity contribution in [3.8, 4) is 0 Å². The number of halogens is 2. The first-order valence-corrected chi connectivity index (χ1v) is 3.87. The molecule has 1 fully saturated rings. The fraction of sp³-hybridized carbons (Fsp3) is 0.833. The van der Waals surface area contributed by atoms with Crippen LogP contribution < -0.4 is 0 Å². The summed E-state index contributed by atoms with van der Waals surface area (Å²) in [7, 11) is 1.44. The maximum Gasteiger partial charge on any atom is 0.314 e. The molecular formula is C6H8Cl2O3. The summed E-state index contributed by atoms with van der Waals surface area (Å²) in [5.74, 6) is -0.766. The average Bonchev–Trinajstić information content (AvgIpc) is 2.55. The van der Waals surface area contributed by atoms with E-state index in [2.05, 4.69) is 9.47 Å². The smallest absolute Gasteiger partial charge is 0.314 e. The van der Waals surface area contributed by atoms with Gasteiger partial charge in [-0.3, -0.25) is 4.79 Å². The van der Waals surface area contributed by atoms with Gasteiger partial charge >= 0.3 is 5.97 Å². The zero-order valence-corrected chi connectivity index (χ0v) is 7.48. The van der Waals surface area contributed by atoms with Crippen molar-refractivity contribution in [2.45, 2.75) is 10.8 Å². The van der Waals surface area contributed by atoms with E-state index in [0.717, 1.165) is 0 Å². The Morgan fingerprint density at radius 2 is 2.27 bits per heavy atom. The molecule has 0 saturated heterocycles. The number of esters is 1. The van der Waals surface area contributed by atoms with Gasteiger partial charge in [0.15, 0.2) is 6.79 Å². The fourth-order valence-corrected chi connectivity index (χ4v) is 1.17. The minimum absolute atomic E-state index is 0.0425. The van der Waals surface area contributed by atoms with Crippen molar-refractivity contribution in [2.75, 3.05) is 13.9 Å². The van der Waals surface area contributed by atoms with Crippen molar-refractivity contribution in [1.82, 2.24) is 0 Å². The van der Waals surface area contributed by atoms with Crippen molar-refractivity contribution in [1.29, 1.82) is 0 Å². The number of methoxy groups -OCH3 is 1. The summed E-state index contributed by atoms with van der Waals surface area (Å²) in [5, 5.41) is 0. The van der Waals surface area contributed by atoms with Crippen molar-refractivity contribution < 1.29 is 14.3 Å². The molecule has 3 nitrogen and oxygen atoms in total. The summed E-state index contributed by atoms with van der Waals surface area (Å²) in [6, 6.07) is 0. The average molecular weight is 199 g/mol. The normalized spacial score (nSPS) is 26.3. The number of alkyl halides is 2. The van der Waals surface area contributed by atoms with Crippen LogP contribution in [0.1, 0.15) is 6.42 Å². The number of carbonyl (C=O) groups excluding carboxylic acids is 1. The molecule has 11 heavy (non-hydrogen) atoms. The number of ether oxygens (including phenoxy) is 2. The Balaban J connectivity index is 2.23. The van der Waals surface area contributed by atoms with E-state index < -0.39 is 10.3 Å². The van der Waals surface area contributed by atoms with Gasteiger partial charge in [0.2, 0.25) is 0 Å². The Labute approximate surface area is 74.6 Å². The Morgan fingerprint density at radius 1 is 1.73 bits per heavy atom. The van der Waals surface area contributed by atoms with Crippen molar-refractivity contribution >= 4 is 29.2 Å². The molecule has 0 aliphatic heterocycles. The Kier molecular flexibility index (Phi) is 2.62. The summed E-state index contributed by atoms with van der Waals surface area (Å²) < 4.78 is 8.25. The van der Waals surface area contributed by atoms with Gasteiger partial charge in [0, 0.05) is 7.11 Å². The lowest BCUT2D eigenvalue weighted by molar-refractivity contribution is -0.155. The van der Waals surface area contributed by atoms with E-state index >= 15 is 0 Å². The third-order valence-electron chi connectivity index (χ3n) is 1.43. The molecule has 0 aromatic carbocycles. The molecule has 0 amide bonds. The second kappa shape index (κ2) is 3.17. The van der Waals surface area contributed by atoms with Crippen LogP contribution in [0.2, 0.25) is 0 Å². The molecule has 1 aliphatic rings. The molecule has 0 heterocycles. The molecule has 0 radical (unpaired) electrons. The second-order valence-corrected chi connectivity index (χ2v) is 3.93. The zero-order chi connectivity index (χ0) is 8.48. The lowest BCUT2D eigenvalue weighted by atomic mass is 10.4. The highest BCUT2D eigenvalue weighted by atomic mass is 35.5. The monoisotopic (exact) mass is 198 g/mol. The van der Waals surface area contributed by atoms with E-state index in [-0.39, 0.29) is 12.7 Å². The quantitative estimate of drug-likeness (QED) is 0.390. The van der Waals surface area contributed by atoms with Crippen LogP contribution in [0.5, 0.6) is 0 Å². The summed E-state index contributed by atoms with van der Waals surface area (Å²) in [4.78, 5) is 10.9. The van der Waals surface area contributed by atoms with Gasteiger partial charge in [-0.15, -0.1) is 23.2 Å². The molecule has 64 valence electrons. The molecule has 1 unspecified atom stereocenters. The van der Waals surface area contributed by atoms with Gasteiger partial charge in [-0.25, -0.2) is 0 Å². The molecule has 0 bridgehead atoms. The zero-order valence-electron chi connectivity index (χ0n) is 5.97. The van der Waals surface area contributed by atoms with Gasteiger partial charge in [-0.1, -0.05) is 0 Å². The van der Waals surface area contributed by atoms with Gasteiger partial charge < -0.3 is 9.47 Å². The Morgan fingerprint density at radius 3 is 2.64 bits per heavy atom. The largest absolute Gasteiger partial charge is 0.438 e. The van der Waals surface area contributed by atoms with Crippen LogP contribution >= 0.6 is 23.2 Å².